The summed E-state index contributed by atoms with van der Waals surface area (Å²) >= 11 is 0. The first-order valence-electron chi connectivity index (χ1n) is 6.32. The first-order valence-corrected chi connectivity index (χ1v) is 6.32. The van der Waals surface area contributed by atoms with Gasteiger partial charge >= 0.3 is 0 Å². The lowest BCUT2D eigenvalue weighted by atomic mass is 9.72. The SMILES string of the molecule is CC1CCCC(C2(O)CCC(C)C2)C1. The molecule has 1 heteroatoms. The first kappa shape index (κ1) is 10.5. The lowest BCUT2D eigenvalue weighted by Gasteiger charge is -2.38. The van der Waals surface area contributed by atoms with Gasteiger partial charge in [0.25, 0.3) is 0 Å². The van der Waals surface area contributed by atoms with Crippen molar-refractivity contribution in [3.63, 3.8) is 0 Å². The van der Waals surface area contributed by atoms with Crippen LogP contribution >= 0.6 is 0 Å². The highest BCUT2D eigenvalue weighted by Crippen LogP contribution is 2.45. The minimum atomic E-state index is -0.284. The van der Waals surface area contributed by atoms with Gasteiger partial charge < -0.3 is 5.11 Å². The van der Waals surface area contributed by atoms with Crippen LogP contribution in [0.15, 0.2) is 0 Å². The Balaban J connectivity index is 1.99. The Morgan fingerprint density at radius 3 is 2.43 bits per heavy atom. The quantitative estimate of drug-likeness (QED) is 0.682. The van der Waals surface area contributed by atoms with Crippen molar-refractivity contribution in [1.82, 2.24) is 0 Å². The summed E-state index contributed by atoms with van der Waals surface area (Å²) in [6.45, 7) is 4.62. The van der Waals surface area contributed by atoms with Gasteiger partial charge in [0, 0.05) is 0 Å². The minimum Gasteiger partial charge on any atom is -0.390 e. The maximum absolute atomic E-state index is 10.6. The Bertz CT molecular complexity index is 201. The first-order chi connectivity index (χ1) is 6.60. The molecule has 14 heavy (non-hydrogen) atoms. The second-order valence-electron chi connectivity index (χ2n) is 5.92. The normalized spacial score (nSPS) is 49.5. The molecule has 2 aliphatic rings. The molecule has 0 spiro atoms. The molecule has 2 rings (SSSR count). The third-order valence-corrected chi connectivity index (χ3v) is 4.47. The van der Waals surface area contributed by atoms with E-state index in [4.69, 9.17) is 0 Å². The van der Waals surface area contributed by atoms with E-state index in [2.05, 4.69) is 13.8 Å². The van der Waals surface area contributed by atoms with Crippen molar-refractivity contribution < 1.29 is 5.11 Å². The molecule has 0 heterocycles. The van der Waals surface area contributed by atoms with Crippen LogP contribution in [0.2, 0.25) is 0 Å². The van der Waals surface area contributed by atoms with Crippen LogP contribution in [-0.2, 0) is 0 Å². The molecule has 2 saturated carbocycles. The van der Waals surface area contributed by atoms with Crippen LogP contribution in [0.3, 0.4) is 0 Å². The molecular formula is C13H24O. The summed E-state index contributed by atoms with van der Waals surface area (Å²) in [5.74, 6) is 2.20. The summed E-state index contributed by atoms with van der Waals surface area (Å²) in [6, 6.07) is 0. The van der Waals surface area contributed by atoms with E-state index in [1.165, 1.54) is 32.1 Å². The molecule has 1 nitrogen and oxygen atoms in total. The molecule has 2 aliphatic carbocycles. The second-order valence-corrected chi connectivity index (χ2v) is 5.92. The van der Waals surface area contributed by atoms with Gasteiger partial charge in [0.2, 0.25) is 0 Å². The third-order valence-electron chi connectivity index (χ3n) is 4.47. The van der Waals surface area contributed by atoms with Crippen molar-refractivity contribution in [3.8, 4) is 0 Å². The van der Waals surface area contributed by atoms with Crippen molar-refractivity contribution in [2.24, 2.45) is 17.8 Å². The van der Waals surface area contributed by atoms with Gasteiger partial charge in [-0.2, -0.15) is 0 Å². The lowest BCUT2D eigenvalue weighted by molar-refractivity contribution is -0.0367. The molecule has 0 radical (unpaired) electrons. The van der Waals surface area contributed by atoms with Gasteiger partial charge in [0.15, 0.2) is 0 Å². The maximum Gasteiger partial charge on any atom is 0.0678 e. The van der Waals surface area contributed by atoms with Crippen LogP contribution in [0.5, 0.6) is 0 Å². The Labute approximate surface area is 87.9 Å². The van der Waals surface area contributed by atoms with Crippen LogP contribution in [0.25, 0.3) is 0 Å². The molecule has 4 unspecified atom stereocenters. The molecule has 0 aromatic rings. The van der Waals surface area contributed by atoms with Crippen LogP contribution < -0.4 is 0 Å². The molecule has 0 saturated heterocycles. The fourth-order valence-corrected chi connectivity index (χ4v) is 3.60. The molecule has 0 aromatic heterocycles. The van der Waals surface area contributed by atoms with Crippen LogP contribution in [-0.4, -0.2) is 10.7 Å². The predicted octanol–water partition coefficient (Wildman–Crippen LogP) is 3.36. The predicted molar refractivity (Wildman–Crippen MR) is 59.1 cm³/mol. The average molecular weight is 196 g/mol. The topological polar surface area (TPSA) is 20.2 Å². The van der Waals surface area contributed by atoms with Crippen LogP contribution in [0.4, 0.5) is 0 Å². The van der Waals surface area contributed by atoms with E-state index in [0.29, 0.717) is 5.92 Å². The zero-order valence-electron chi connectivity index (χ0n) is 9.63. The van der Waals surface area contributed by atoms with Crippen molar-refractivity contribution in [1.29, 1.82) is 0 Å². The monoisotopic (exact) mass is 196 g/mol. The molecular weight excluding hydrogens is 172 g/mol. The smallest absolute Gasteiger partial charge is 0.0678 e. The average Bonchev–Trinajstić information content (AvgIpc) is 2.48. The van der Waals surface area contributed by atoms with Crippen LogP contribution in [0, 0.1) is 17.8 Å². The largest absolute Gasteiger partial charge is 0.390 e. The third kappa shape index (κ3) is 1.98. The molecule has 0 aromatic carbocycles. The highest BCUT2D eigenvalue weighted by molar-refractivity contribution is 4.94. The van der Waals surface area contributed by atoms with E-state index in [-0.39, 0.29) is 5.60 Å². The Morgan fingerprint density at radius 1 is 1.07 bits per heavy atom. The van der Waals surface area contributed by atoms with E-state index >= 15 is 0 Å². The summed E-state index contributed by atoms with van der Waals surface area (Å²) in [5.41, 5.74) is -0.284. The maximum atomic E-state index is 10.6. The van der Waals surface area contributed by atoms with Crippen molar-refractivity contribution in [3.05, 3.63) is 0 Å². The summed E-state index contributed by atoms with van der Waals surface area (Å²) in [7, 11) is 0. The lowest BCUT2D eigenvalue weighted by Crippen LogP contribution is -2.37. The van der Waals surface area contributed by atoms with Gasteiger partial charge in [0.05, 0.1) is 5.60 Å². The molecule has 82 valence electrons. The zero-order valence-corrected chi connectivity index (χ0v) is 9.63. The molecule has 2 fully saturated rings. The fraction of sp³-hybridized carbons (Fsp3) is 1.00. The van der Waals surface area contributed by atoms with E-state index in [1.807, 2.05) is 0 Å². The molecule has 0 aliphatic heterocycles. The summed E-state index contributed by atoms with van der Waals surface area (Å²) in [5, 5.41) is 10.6. The van der Waals surface area contributed by atoms with E-state index in [9.17, 15) is 5.11 Å². The molecule has 1 N–H and O–H groups in total. The van der Waals surface area contributed by atoms with Gasteiger partial charge in [-0.1, -0.05) is 26.7 Å². The van der Waals surface area contributed by atoms with E-state index < -0.39 is 0 Å². The van der Waals surface area contributed by atoms with Crippen molar-refractivity contribution in [2.45, 2.75) is 64.4 Å². The summed E-state index contributed by atoms with van der Waals surface area (Å²) in [4.78, 5) is 0. The molecule has 0 bridgehead atoms. The Kier molecular flexibility index (Phi) is 2.88. The molecule has 4 atom stereocenters. The second kappa shape index (κ2) is 3.84. The fourth-order valence-electron chi connectivity index (χ4n) is 3.60. The minimum absolute atomic E-state index is 0.284. The van der Waals surface area contributed by atoms with E-state index in [0.717, 1.165) is 24.7 Å². The van der Waals surface area contributed by atoms with Crippen molar-refractivity contribution >= 4 is 0 Å². The standard InChI is InChI=1S/C13H24O/c1-10-4-3-5-12(8-10)13(14)7-6-11(2)9-13/h10-12,14H,3-9H2,1-2H3. The molecule has 0 amide bonds. The Hall–Kier alpha value is -0.0400. The highest BCUT2D eigenvalue weighted by atomic mass is 16.3. The van der Waals surface area contributed by atoms with Gasteiger partial charge in [-0.15, -0.1) is 0 Å². The summed E-state index contributed by atoms with van der Waals surface area (Å²) < 4.78 is 0. The van der Waals surface area contributed by atoms with Gasteiger partial charge in [0.1, 0.15) is 0 Å². The van der Waals surface area contributed by atoms with E-state index in [1.54, 1.807) is 0 Å². The number of hydrogen-bond acceptors (Lipinski definition) is 1. The number of rotatable bonds is 1. The van der Waals surface area contributed by atoms with Crippen molar-refractivity contribution in [2.75, 3.05) is 0 Å². The zero-order chi connectivity index (χ0) is 10.2. The number of aliphatic hydroxyl groups is 1. The highest BCUT2D eigenvalue weighted by Gasteiger charge is 2.43. The number of hydrogen-bond donors (Lipinski definition) is 1. The summed E-state index contributed by atoms with van der Waals surface area (Å²) in [6.07, 6.45) is 8.61. The van der Waals surface area contributed by atoms with Gasteiger partial charge in [-0.3, -0.25) is 0 Å². The van der Waals surface area contributed by atoms with Crippen LogP contribution in [0.1, 0.15) is 58.8 Å². The van der Waals surface area contributed by atoms with Gasteiger partial charge in [-0.25, -0.2) is 0 Å². The Morgan fingerprint density at radius 2 is 1.86 bits per heavy atom. The van der Waals surface area contributed by atoms with Gasteiger partial charge in [-0.05, 0) is 49.9 Å².